The van der Waals surface area contributed by atoms with E-state index in [0.717, 1.165) is 5.56 Å². The summed E-state index contributed by atoms with van der Waals surface area (Å²) in [6, 6.07) is 3.33. The van der Waals surface area contributed by atoms with Crippen LogP contribution in [0.2, 0.25) is 10.0 Å². The standard InChI is InChI=1S/C15H16Cl2O2/c1-8-4-9(16)5-10(17)13(8)14-11(18)6-15(2,3)7-12(14)19/h4-5,14H,6-7H2,1-3H3. The monoisotopic (exact) mass is 298 g/mol. The van der Waals surface area contributed by atoms with Gasteiger partial charge in [-0.1, -0.05) is 37.0 Å². The molecular weight excluding hydrogens is 283 g/mol. The summed E-state index contributed by atoms with van der Waals surface area (Å²) < 4.78 is 0. The number of carbonyl (C=O) groups is 2. The fourth-order valence-corrected chi connectivity index (χ4v) is 3.49. The van der Waals surface area contributed by atoms with Gasteiger partial charge in [0.05, 0.1) is 0 Å². The molecule has 0 aliphatic heterocycles. The first-order valence-corrected chi connectivity index (χ1v) is 6.98. The van der Waals surface area contributed by atoms with Crippen LogP contribution in [-0.2, 0) is 9.59 Å². The van der Waals surface area contributed by atoms with E-state index in [1.54, 1.807) is 12.1 Å². The first kappa shape index (κ1) is 14.5. The lowest BCUT2D eigenvalue weighted by atomic mass is 9.69. The molecule has 1 fully saturated rings. The van der Waals surface area contributed by atoms with Crippen LogP contribution in [0.15, 0.2) is 12.1 Å². The average molecular weight is 299 g/mol. The Morgan fingerprint density at radius 2 is 1.63 bits per heavy atom. The van der Waals surface area contributed by atoms with Gasteiger partial charge in [0.1, 0.15) is 17.5 Å². The van der Waals surface area contributed by atoms with Crippen LogP contribution in [0.1, 0.15) is 43.7 Å². The van der Waals surface area contributed by atoms with E-state index in [1.165, 1.54) is 0 Å². The van der Waals surface area contributed by atoms with Crippen LogP contribution in [0, 0.1) is 12.3 Å². The van der Waals surface area contributed by atoms with Gasteiger partial charge in [-0.2, -0.15) is 0 Å². The van der Waals surface area contributed by atoms with Crippen molar-refractivity contribution in [1.82, 2.24) is 0 Å². The van der Waals surface area contributed by atoms with E-state index >= 15 is 0 Å². The fourth-order valence-electron chi connectivity index (χ4n) is 2.79. The molecule has 0 amide bonds. The lowest BCUT2D eigenvalue weighted by molar-refractivity contribution is -0.135. The second-order valence-electron chi connectivity index (χ2n) is 6.00. The molecule has 2 rings (SSSR count). The van der Waals surface area contributed by atoms with Crippen molar-refractivity contribution in [3.63, 3.8) is 0 Å². The van der Waals surface area contributed by atoms with Gasteiger partial charge < -0.3 is 0 Å². The Bertz CT molecular complexity index is 518. The molecule has 0 heterocycles. The maximum Gasteiger partial charge on any atom is 0.148 e. The van der Waals surface area contributed by atoms with Crippen LogP contribution < -0.4 is 0 Å². The Labute approximate surface area is 123 Å². The summed E-state index contributed by atoms with van der Waals surface area (Å²) in [6.07, 6.45) is 0.809. The van der Waals surface area contributed by atoms with Crippen molar-refractivity contribution in [2.24, 2.45) is 5.41 Å². The van der Waals surface area contributed by atoms with Gasteiger partial charge in [-0.05, 0) is 35.6 Å². The first-order valence-electron chi connectivity index (χ1n) is 6.22. The minimum atomic E-state index is -0.724. The number of halogens is 2. The van der Waals surface area contributed by atoms with Crippen molar-refractivity contribution in [3.05, 3.63) is 33.3 Å². The zero-order valence-electron chi connectivity index (χ0n) is 11.2. The van der Waals surface area contributed by atoms with E-state index in [-0.39, 0.29) is 17.0 Å². The highest BCUT2D eigenvalue weighted by Crippen LogP contribution is 2.41. The highest BCUT2D eigenvalue weighted by molar-refractivity contribution is 6.36. The molecule has 1 aromatic rings. The molecule has 1 aromatic carbocycles. The van der Waals surface area contributed by atoms with E-state index in [9.17, 15) is 9.59 Å². The number of ketones is 2. The Morgan fingerprint density at radius 1 is 1.11 bits per heavy atom. The lowest BCUT2D eigenvalue weighted by Gasteiger charge is -2.33. The number of aryl methyl sites for hydroxylation is 1. The Morgan fingerprint density at radius 3 is 2.11 bits per heavy atom. The molecule has 0 unspecified atom stereocenters. The fraction of sp³-hybridized carbons (Fsp3) is 0.467. The molecule has 2 nitrogen and oxygen atoms in total. The molecule has 0 atom stereocenters. The van der Waals surface area contributed by atoms with Crippen LogP contribution in [-0.4, -0.2) is 11.6 Å². The summed E-state index contributed by atoms with van der Waals surface area (Å²) in [4.78, 5) is 24.6. The molecule has 1 aliphatic rings. The highest BCUT2D eigenvalue weighted by Gasteiger charge is 2.41. The molecule has 0 aromatic heterocycles. The predicted octanol–water partition coefficient (Wildman–Crippen LogP) is 4.34. The number of carbonyl (C=O) groups excluding carboxylic acids is 2. The van der Waals surface area contributed by atoms with Gasteiger partial charge in [-0.3, -0.25) is 9.59 Å². The third-order valence-corrected chi connectivity index (χ3v) is 4.07. The molecule has 0 radical (unpaired) electrons. The van der Waals surface area contributed by atoms with E-state index in [0.29, 0.717) is 28.5 Å². The number of hydrogen-bond donors (Lipinski definition) is 0. The number of benzene rings is 1. The van der Waals surface area contributed by atoms with Crippen molar-refractivity contribution in [1.29, 1.82) is 0 Å². The smallest absolute Gasteiger partial charge is 0.148 e. The minimum absolute atomic E-state index is 0.0476. The summed E-state index contributed by atoms with van der Waals surface area (Å²) >= 11 is 12.1. The molecule has 1 aliphatic carbocycles. The number of rotatable bonds is 1. The zero-order chi connectivity index (χ0) is 14.4. The molecule has 0 spiro atoms. The van der Waals surface area contributed by atoms with Crippen LogP contribution in [0.25, 0.3) is 0 Å². The molecule has 0 bridgehead atoms. The number of Topliss-reactive ketones (excluding diaryl/α,β-unsaturated/α-hetero) is 2. The Kier molecular flexibility index (Phi) is 3.76. The molecular formula is C15H16Cl2O2. The SMILES string of the molecule is Cc1cc(Cl)cc(Cl)c1C1C(=O)CC(C)(C)CC1=O. The van der Waals surface area contributed by atoms with Crippen molar-refractivity contribution in [2.45, 2.75) is 39.5 Å². The Hall–Kier alpha value is -0.860. The normalized spacial score (nSPS) is 19.8. The van der Waals surface area contributed by atoms with E-state index in [1.807, 2.05) is 20.8 Å². The van der Waals surface area contributed by atoms with Gasteiger partial charge in [0.2, 0.25) is 0 Å². The summed E-state index contributed by atoms with van der Waals surface area (Å²) in [6.45, 7) is 5.71. The van der Waals surface area contributed by atoms with Crippen molar-refractivity contribution < 1.29 is 9.59 Å². The highest BCUT2D eigenvalue weighted by atomic mass is 35.5. The quantitative estimate of drug-likeness (QED) is 0.723. The zero-order valence-corrected chi connectivity index (χ0v) is 12.7. The largest absolute Gasteiger partial charge is 0.298 e. The molecule has 4 heteroatoms. The van der Waals surface area contributed by atoms with E-state index < -0.39 is 5.92 Å². The third kappa shape index (κ3) is 2.85. The summed E-state index contributed by atoms with van der Waals surface area (Å²) in [5, 5.41) is 0.915. The number of hydrogen-bond acceptors (Lipinski definition) is 2. The molecule has 1 saturated carbocycles. The second-order valence-corrected chi connectivity index (χ2v) is 6.85. The lowest BCUT2D eigenvalue weighted by Crippen LogP contribution is -2.36. The maximum absolute atomic E-state index is 12.3. The topological polar surface area (TPSA) is 34.1 Å². The minimum Gasteiger partial charge on any atom is -0.298 e. The van der Waals surface area contributed by atoms with Gasteiger partial charge in [-0.25, -0.2) is 0 Å². The van der Waals surface area contributed by atoms with E-state index in [4.69, 9.17) is 23.2 Å². The van der Waals surface area contributed by atoms with Crippen LogP contribution in [0.4, 0.5) is 0 Å². The van der Waals surface area contributed by atoms with Crippen molar-refractivity contribution >= 4 is 34.8 Å². The molecule has 0 N–H and O–H groups in total. The summed E-state index contributed by atoms with van der Waals surface area (Å²) in [5.41, 5.74) is 1.16. The van der Waals surface area contributed by atoms with Gasteiger partial charge in [0, 0.05) is 22.9 Å². The Balaban J connectivity index is 2.48. The van der Waals surface area contributed by atoms with Gasteiger partial charge in [0.25, 0.3) is 0 Å². The van der Waals surface area contributed by atoms with E-state index in [2.05, 4.69) is 0 Å². The first-order chi connectivity index (χ1) is 8.71. The summed E-state index contributed by atoms with van der Waals surface area (Å²) in [7, 11) is 0. The molecule has 19 heavy (non-hydrogen) atoms. The predicted molar refractivity (Wildman–Crippen MR) is 77.0 cm³/mol. The average Bonchev–Trinajstić information content (AvgIpc) is 2.18. The van der Waals surface area contributed by atoms with Crippen LogP contribution >= 0.6 is 23.2 Å². The van der Waals surface area contributed by atoms with Gasteiger partial charge >= 0.3 is 0 Å². The second kappa shape index (κ2) is 4.92. The van der Waals surface area contributed by atoms with Crippen molar-refractivity contribution in [3.8, 4) is 0 Å². The van der Waals surface area contributed by atoms with Crippen LogP contribution in [0.3, 0.4) is 0 Å². The summed E-state index contributed by atoms with van der Waals surface area (Å²) in [5.74, 6) is -0.820. The molecule has 0 saturated heterocycles. The van der Waals surface area contributed by atoms with Crippen LogP contribution in [0.5, 0.6) is 0 Å². The maximum atomic E-state index is 12.3. The van der Waals surface area contributed by atoms with Gasteiger partial charge in [0.15, 0.2) is 0 Å². The molecule has 102 valence electrons. The van der Waals surface area contributed by atoms with Crippen molar-refractivity contribution in [2.75, 3.05) is 0 Å². The van der Waals surface area contributed by atoms with Gasteiger partial charge in [-0.15, -0.1) is 0 Å². The third-order valence-electron chi connectivity index (χ3n) is 3.54.